The van der Waals surface area contributed by atoms with Gasteiger partial charge in [-0.05, 0) is 47.5 Å². The first kappa shape index (κ1) is 19.4. The molecule has 1 atom stereocenters. The summed E-state index contributed by atoms with van der Waals surface area (Å²) in [6.07, 6.45) is -3.66. The highest BCUT2D eigenvalue weighted by molar-refractivity contribution is 6.30. The van der Waals surface area contributed by atoms with Gasteiger partial charge in [-0.3, -0.25) is 0 Å². The quantitative estimate of drug-likeness (QED) is 0.437. The molecular formula is C21H13ClF4N2O. The largest absolute Gasteiger partial charge is 0.425 e. The Morgan fingerprint density at radius 2 is 1.55 bits per heavy atom. The minimum absolute atomic E-state index is 0.405. The first-order valence-corrected chi connectivity index (χ1v) is 8.88. The third-order valence-electron chi connectivity index (χ3n) is 4.73. The zero-order valence-corrected chi connectivity index (χ0v) is 15.4. The summed E-state index contributed by atoms with van der Waals surface area (Å²) in [4.78, 5) is 0. The van der Waals surface area contributed by atoms with Crippen LogP contribution in [0.4, 0.5) is 17.6 Å². The number of benzene rings is 3. The molecule has 8 heteroatoms. The van der Waals surface area contributed by atoms with Crippen molar-refractivity contribution in [3.8, 4) is 5.69 Å². The van der Waals surface area contributed by atoms with Crippen LogP contribution < -0.4 is 0 Å². The number of aromatic nitrogens is 2. The van der Waals surface area contributed by atoms with Crippen LogP contribution in [-0.2, 0) is 5.60 Å². The number of nitrogens with zero attached hydrogens (tertiary/aromatic N) is 2. The third kappa shape index (κ3) is 3.16. The fraction of sp³-hybridized carbons (Fsp3) is 0.0952. The van der Waals surface area contributed by atoms with E-state index in [1.54, 1.807) is 4.68 Å². The van der Waals surface area contributed by atoms with Gasteiger partial charge < -0.3 is 5.11 Å². The molecule has 4 rings (SSSR count). The summed E-state index contributed by atoms with van der Waals surface area (Å²) in [5, 5.41) is 14.9. The van der Waals surface area contributed by atoms with E-state index in [1.165, 1.54) is 24.4 Å². The molecule has 29 heavy (non-hydrogen) atoms. The molecule has 148 valence electrons. The molecule has 0 saturated carbocycles. The van der Waals surface area contributed by atoms with E-state index in [4.69, 9.17) is 11.6 Å². The maximum atomic E-state index is 14.0. The number of para-hydroxylation sites is 1. The lowest BCUT2D eigenvalue weighted by atomic mass is 9.85. The maximum Gasteiger partial charge on any atom is 0.425 e. The Hall–Kier alpha value is -2.90. The first-order valence-electron chi connectivity index (χ1n) is 8.50. The number of halogens is 5. The molecular weight excluding hydrogens is 408 g/mol. The second-order valence-corrected chi connectivity index (χ2v) is 6.91. The zero-order chi connectivity index (χ0) is 20.8. The fourth-order valence-corrected chi connectivity index (χ4v) is 3.43. The lowest BCUT2D eigenvalue weighted by molar-refractivity contribution is -0.248. The molecule has 0 spiro atoms. The smallest absolute Gasteiger partial charge is 0.372 e. The molecule has 0 aliphatic carbocycles. The van der Waals surface area contributed by atoms with Crippen molar-refractivity contribution in [2.24, 2.45) is 0 Å². The van der Waals surface area contributed by atoms with Gasteiger partial charge >= 0.3 is 6.18 Å². The highest BCUT2D eigenvalue weighted by atomic mass is 35.5. The van der Waals surface area contributed by atoms with E-state index in [-0.39, 0.29) is 0 Å². The van der Waals surface area contributed by atoms with Crippen LogP contribution in [0.1, 0.15) is 11.1 Å². The maximum absolute atomic E-state index is 14.0. The lowest BCUT2D eigenvalue weighted by Gasteiger charge is -2.31. The molecule has 1 N–H and O–H groups in total. The van der Waals surface area contributed by atoms with Gasteiger partial charge in [0, 0.05) is 5.39 Å². The minimum Gasteiger partial charge on any atom is -0.372 e. The van der Waals surface area contributed by atoms with Crippen molar-refractivity contribution in [2.75, 3.05) is 0 Å². The monoisotopic (exact) mass is 420 g/mol. The van der Waals surface area contributed by atoms with Crippen molar-refractivity contribution in [1.82, 2.24) is 9.78 Å². The van der Waals surface area contributed by atoms with Gasteiger partial charge in [0.2, 0.25) is 5.60 Å². The number of aliphatic hydroxyl groups is 1. The molecule has 0 radical (unpaired) electrons. The SMILES string of the molecule is OC(c1ccc(F)c(Cl)c1)(c1ccc2c(cnn2-c2ccccc2)c1)C(F)(F)F. The highest BCUT2D eigenvalue weighted by Crippen LogP contribution is 2.45. The van der Waals surface area contributed by atoms with Crippen LogP contribution >= 0.6 is 11.6 Å². The molecule has 3 aromatic carbocycles. The molecule has 0 amide bonds. The van der Waals surface area contributed by atoms with Crippen molar-refractivity contribution in [3.63, 3.8) is 0 Å². The van der Waals surface area contributed by atoms with E-state index in [0.29, 0.717) is 10.9 Å². The highest BCUT2D eigenvalue weighted by Gasteiger charge is 2.56. The number of fused-ring (bicyclic) bond motifs is 1. The van der Waals surface area contributed by atoms with Crippen molar-refractivity contribution in [3.05, 3.63) is 94.9 Å². The fourth-order valence-electron chi connectivity index (χ4n) is 3.25. The van der Waals surface area contributed by atoms with Crippen molar-refractivity contribution in [1.29, 1.82) is 0 Å². The van der Waals surface area contributed by atoms with Gasteiger partial charge in [-0.1, -0.05) is 41.9 Å². The average Bonchev–Trinajstić information content (AvgIpc) is 3.12. The Balaban J connectivity index is 1.89. The summed E-state index contributed by atoms with van der Waals surface area (Å²) >= 11 is 5.66. The molecule has 1 aromatic heterocycles. The van der Waals surface area contributed by atoms with Gasteiger partial charge in [-0.15, -0.1) is 0 Å². The summed E-state index contributed by atoms with van der Waals surface area (Å²) in [5.41, 5.74) is -3.06. The summed E-state index contributed by atoms with van der Waals surface area (Å²) in [5.74, 6) is -0.875. The normalized spacial score (nSPS) is 14.1. The molecule has 0 saturated heterocycles. The number of hydrogen-bond acceptors (Lipinski definition) is 2. The third-order valence-corrected chi connectivity index (χ3v) is 5.02. The average molecular weight is 421 g/mol. The van der Waals surface area contributed by atoms with Crippen LogP contribution in [0.25, 0.3) is 16.6 Å². The lowest BCUT2D eigenvalue weighted by Crippen LogP contribution is -2.43. The van der Waals surface area contributed by atoms with Crippen LogP contribution in [0, 0.1) is 5.82 Å². The first-order chi connectivity index (χ1) is 13.7. The predicted octanol–water partition coefficient (Wildman–Crippen LogP) is 5.62. The van der Waals surface area contributed by atoms with Crippen LogP contribution in [0.15, 0.2) is 72.9 Å². The molecule has 0 aliphatic heterocycles. The molecule has 1 unspecified atom stereocenters. The second-order valence-electron chi connectivity index (χ2n) is 6.50. The second kappa shape index (κ2) is 6.86. The number of hydrogen-bond donors (Lipinski definition) is 1. The molecule has 0 bridgehead atoms. The molecule has 0 aliphatic rings. The van der Waals surface area contributed by atoms with Crippen LogP contribution in [0.5, 0.6) is 0 Å². The van der Waals surface area contributed by atoms with E-state index in [1.807, 2.05) is 30.3 Å². The van der Waals surface area contributed by atoms with E-state index in [2.05, 4.69) is 5.10 Å². The van der Waals surface area contributed by atoms with Gasteiger partial charge in [0.25, 0.3) is 0 Å². The van der Waals surface area contributed by atoms with E-state index < -0.39 is 33.7 Å². The summed E-state index contributed by atoms with van der Waals surface area (Å²) in [6, 6.07) is 15.4. The standard InChI is InChI=1S/C21H13ClF4N2O/c22-17-11-15(6-8-18(17)23)20(29,21(24,25)26)14-7-9-19-13(10-14)12-27-28(19)16-4-2-1-3-5-16/h1-12,29H. The molecule has 0 fully saturated rings. The van der Waals surface area contributed by atoms with Crippen molar-refractivity contribution < 1.29 is 22.7 Å². The Morgan fingerprint density at radius 1 is 0.897 bits per heavy atom. The predicted molar refractivity (Wildman–Crippen MR) is 102 cm³/mol. The van der Waals surface area contributed by atoms with Crippen molar-refractivity contribution in [2.45, 2.75) is 11.8 Å². The number of alkyl halides is 3. The molecule has 4 aromatic rings. The van der Waals surface area contributed by atoms with Crippen LogP contribution in [-0.4, -0.2) is 21.1 Å². The Kier molecular flexibility index (Phi) is 4.59. The Bertz CT molecular complexity index is 1190. The zero-order valence-electron chi connectivity index (χ0n) is 14.7. The van der Waals surface area contributed by atoms with Gasteiger partial charge in [-0.2, -0.15) is 18.3 Å². The van der Waals surface area contributed by atoms with E-state index in [9.17, 15) is 22.7 Å². The minimum atomic E-state index is -5.07. The van der Waals surface area contributed by atoms with Gasteiger partial charge in [0.1, 0.15) is 5.82 Å². The van der Waals surface area contributed by atoms with Crippen molar-refractivity contribution >= 4 is 22.5 Å². The molecule has 3 nitrogen and oxygen atoms in total. The van der Waals surface area contributed by atoms with Gasteiger partial charge in [0.15, 0.2) is 0 Å². The summed E-state index contributed by atoms with van der Waals surface area (Å²) < 4.78 is 56.9. The van der Waals surface area contributed by atoms with Gasteiger partial charge in [0.05, 0.1) is 22.4 Å². The summed E-state index contributed by atoms with van der Waals surface area (Å²) in [7, 11) is 0. The Labute approximate surface area is 167 Å². The number of rotatable bonds is 3. The van der Waals surface area contributed by atoms with Crippen LogP contribution in [0.3, 0.4) is 0 Å². The van der Waals surface area contributed by atoms with Gasteiger partial charge in [-0.25, -0.2) is 9.07 Å². The van der Waals surface area contributed by atoms with E-state index >= 15 is 0 Å². The molecule has 1 heterocycles. The Morgan fingerprint density at radius 3 is 2.21 bits per heavy atom. The topological polar surface area (TPSA) is 38.1 Å². The van der Waals surface area contributed by atoms with E-state index in [0.717, 1.165) is 23.9 Å². The van der Waals surface area contributed by atoms with Crippen LogP contribution in [0.2, 0.25) is 5.02 Å². The summed E-state index contributed by atoms with van der Waals surface area (Å²) in [6.45, 7) is 0.